The lowest BCUT2D eigenvalue weighted by Gasteiger charge is -2.38. The van der Waals surface area contributed by atoms with E-state index in [4.69, 9.17) is 30.5 Å². The maximum absolute atomic E-state index is 13.2. The largest absolute Gasteiger partial charge is 0.493 e. The molecule has 2 fully saturated rings. The summed E-state index contributed by atoms with van der Waals surface area (Å²) in [4.78, 5) is 30.3. The summed E-state index contributed by atoms with van der Waals surface area (Å²) in [7, 11) is 4.57. The van der Waals surface area contributed by atoms with Crippen LogP contribution in [0.2, 0.25) is 5.02 Å². The third-order valence-corrected chi connectivity index (χ3v) is 7.99. The van der Waals surface area contributed by atoms with Gasteiger partial charge in [-0.05, 0) is 76.7 Å². The number of hydrogen-bond acceptors (Lipinski definition) is 7. The van der Waals surface area contributed by atoms with Gasteiger partial charge >= 0.3 is 12.1 Å². The Morgan fingerprint density at radius 2 is 1.57 bits per heavy atom. The number of urea groups is 1. The van der Waals surface area contributed by atoms with Crippen LogP contribution in [0.4, 0.5) is 15.3 Å². The van der Waals surface area contributed by atoms with Crippen LogP contribution >= 0.6 is 11.6 Å². The number of hydrogen-bond donors (Lipinski definition) is 2. The van der Waals surface area contributed by atoms with Crippen LogP contribution in [-0.2, 0) is 11.2 Å². The molecule has 2 aliphatic rings. The number of methoxy groups -OCH3 is 3. The van der Waals surface area contributed by atoms with Crippen molar-refractivity contribution in [2.24, 2.45) is 5.92 Å². The molecule has 0 unspecified atom stereocenters. The molecule has 2 heterocycles. The number of nitrogens with one attached hydrogen (secondary N) is 2. The molecule has 2 aromatic rings. The summed E-state index contributed by atoms with van der Waals surface area (Å²) in [5.41, 5.74) is 1.17. The molecule has 4 rings (SSSR count). The monoisotopic (exact) mass is 602 g/mol. The molecule has 42 heavy (non-hydrogen) atoms. The Morgan fingerprint density at radius 3 is 2.12 bits per heavy atom. The summed E-state index contributed by atoms with van der Waals surface area (Å²) in [6.45, 7) is 8.16. The molecular weight excluding hydrogens is 560 g/mol. The van der Waals surface area contributed by atoms with Crippen molar-refractivity contribution < 1.29 is 28.5 Å². The van der Waals surface area contributed by atoms with Gasteiger partial charge in [0, 0.05) is 36.3 Å². The van der Waals surface area contributed by atoms with Crippen molar-refractivity contribution in [1.29, 1.82) is 0 Å². The normalized spacial score (nSPS) is 19.7. The molecule has 0 radical (unpaired) electrons. The minimum atomic E-state index is -0.609. The Morgan fingerprint density at radius 1 is 0.952 bits per heavy atom. The van der Waals surface area contributed by atoms with E-state index >= 15 is 0 Å². The highest BCUT2D eigenvalue weighted by Gasteiger charge is 2.42. The molecule has 11 heteroatoms. The molecule has 230 valence electrons. The number of carbonyl (C=O) groups is 2. The van der Waals surface area contributed by atoms with Gasteiger partial charge in [0.2, 0.25) is 5.75 Å². The summed E-state index contributed by atoms with van der Waals surface area (Å²) in [6, 6.07) is 10.7. The van der Waals surface area contributed by atoms with E-state index in [9.17, 15) is 9.59 Å². The molecule has 0 saturated carbocycles. The Balaban J connectivity index is 1.44. The zero-order valence-corrected chi connectivity index (χ0v) is 26.1. The first-order valence-electron chi connectivity index (χ1n) is 14.3. The first-order chi connectivity index (χ1) is 20.0. The summed E-state index contributed by atoms with van der Waals surface area (Å²) >= 11 is 6.06. The molecule has 2 aliphatic heterocycles. The number of benzene rings is 2. The van der Waals surface area contributed by atoms with E-state index in [1.54, 1.807) is 17.0 Å². The fraction of sp³-hybridized carbons (Fsp3) is 0.548. The maximum Gasteiger partial charge on any atom is 0.410 e. The molecule has 0 aliphatic carbocycles. The third-order valence-electron chi connectivity index (χ3n) is 7.74. The minimum Gasteiger partial charge on any atom is -0.493 e. The molecule has 2 saturated heterocycles. The zero-order chi connectivity index (χ0) is 30.4. The molecule has 0 spiro atoms. The average molecular weight is 603 g/mol. The standard InChI is InChI=1S/C31H43ClN4O6/c1-31(2,3)42-30(38)36-18-24(34-29(37)33-23-16-26(39-4)28(41-6)27(17-23)40-5)25(19-36)35-13-11-21(12-14-35)15-20-7-9-22(32)10-8-20/h7-10,16-17,21,24-25H,11-15,18-19H2,1-6H3,(H2,33,34,37)/t24-,25-/m0/s1. The highest BCUT2D eigenvalue weighted by molar-refractivity contribution is 6.30. The molecule has 0 aromatic heterocycles. The Hall–Kier alpha value is -3.37. The van der Waals surface area contributed by atoms with Crippen LogP contribution in [-0.4, -0.2) is 87.1 Å². The van der Waals surface area contributed by atoms with Crippen molar-refractivity contribution in [3.63, 3.8) is 0 Å². The zero-order valence-electron chi connectivity index (χ0n) is 25.4. The average Bonchev–Trinajstić information content (AvgIpc) is 3.37. The van der Waals surface area contributed by atoms with Crippen molar-refractivity contribution in [3.8, 4) is 17.2 Å². The van der Waals surface area contributed by atoms with Crippen LogP contribution in [0.15, 0.2) is 36.4 Å². The minimum absolute atomic E-state index is 0.0420. The lowest BCUT2D eigenvalue weighted by Crippen LogP contribution is -2.54. The van der Waals surface area contributed by atoms with Gasteiger partial charge in [0.15, 0.2) is 11.5 Å². The summed E-state index contributed by atoms with van der Waals surface area (Å²) < 4.78 is 21.9. The van der Waals surface area contributed by atoms with E-state index in [1.165, 1.54) is 26.9 Å². The van der Waals surface area contributed by atoms with Crippen molar-refractivity contribution in [1.82, 2.24) is 15.1 Å². The molecule has 2 aromatic carbocycles. The quantitative estimate of drug-likeness (QED) is 0.415. The van der Waals surface area contributed by atoms with Gasteiger partial charge in [-0.25, -0.2) is 9.59 Å². The SMILES string of the molecule is COc1cc(NC(=O)N[C@H]2CN(C(=O)OC(C)(C)C)C[C@@H]2N2CCC(Cc3ccc(Cl)cc3)CC2)cc(OC)c1OC. The van der Waals surface area contributed by atoms with Gasteiger partial charge in [0.05, 0.1) is 33.1 Å². The topological polar surface area (TPSA) is 102 Å². The Bertz CT molecular complexity index is 1200. The van der Waals surface area contributed by atoms with E-state index in [2.05, 4.69) is 27.7 Å². The molecule has 2 N–H and O–H groups in total. The maximum atomic E-state index is 13.2. The number of rotatable bonds is 8. The fourth-order valence-corrected chi connectivity index (χ4v) is 5.83. The Labute approximate surface area is 253 Å². The first-order valence-corrected chi connectivity index (χ1v) is 14.7. The van der Waals surface area contributed by atoms with Gasteiger partial charge in [-0.2, -0.15) is 0 Å². The van der Waals surface area contributed by atoms with Gasteiger partial charge in [-0.15, -0.1) is 0 Å². The summed E-state index contributed by atoms with van der Waals surface area (Å²) in [5.74, 6) is 1.88. The Kier molecular flexibility index (Phi) is 10.3. The lowest BCUT2D eigenvalue weighted by atomic mass is 9.89. The van der Waals surface area contributed by atoms with Crippen LogP contribution in [0.25, 0.3) is 0 Å². The highest BCUT2D eigenvalue weighted by atomic mass is 35.5. The molecule has 10 nitrogen and oxygen atoms in total. The van der Waals surface area contributed by atoms with Gasteiger partial charge in [0.1, 0.15) is 5.60 Å². The van der Waals surface area contributed by atoms with Crippen molar-refractivity contribution in [2.45, 2.75) is 57.7 Å². The highest BCUT2D eigenvalue weighted by Crippen LogP contribution is 2.40. The number of amides is 3. The number of anilines is 1. The van der Waals surface area contributed by atoms with Gasteiger partial charge in [0.25, 0.3) is 0 Å². The number of piperidine rings is 1. The number of ether oxygens (including phenoxy) is 4. The van der Waals surface area contributed by atoms with Gasteiger partial charge < -0.3 is 34.5 Å². The predicted octanol–water partition coefficient (Wildman–Crippen LogP) is 5.43. The number of nitrogens with zero attached hydrogens (tertiary/aromatic N) is 2. The second-order valence-electron chi connectivity index (χ2n) is 11.9. The van der Waals surface area contributed by atoms with Crippen molar-refractivity contribution in [2.75, 3.05) is 52.8 Å². The van der Waals surface area contributed by atoms with Gasteiger partial charge in [-0.1, -0.05) is 23.7 Å². The fourth-order valence-electron chi connectivity index (χ4n) is 5.71. The number of likely N-dealkylation sites (tertiary alicyclic amines) is 2. The van der Waals surface area contributed by atoms with Crippen LogP contribution < -0.4 is 24.8 Å². The summed E-state index contributed by atoms with van der Waals surface area (Å²) in [6.07, 6.45) is 2.71. The molecule has 2 atom stereocenters. The second kappa shape index (κ2) is 13.7. The van der Waals surface area contributed by atoms with Crippen LogP contribution in [0, 0.1) is 5.92 Å². The van der Waals surface area contributed by atoms with E-state index in [-0.39, 0.29) is 24.2 Å². The van der Waals surface area contributed by atoms with Crippen molar-refractivity contribution >= 4 is 29.4 Å². The predicted molar refractivity (Wildman–Crippen MR) is 163 cm³/mol. The van der Waals surface area contributed by atoms with Gasteiger partial charge in [-0.3, -0.25) is 4.90 Å². The van der Waals surface area contributed by atoms with Crippen LogP contribution in [0.5, 0.6) is 17.2 Å². The van der Waals surface area contributed by atoms with Crippen molar-refractivity contribution in [3.05, 3.63) is 47.0 Å². The van der Waals surface area contributed by atoms with E-state index < -0.39 is 5.60 Å². The number of carbonyl (C=O) groups excluding carboxylic acids is 2. The smallest absolute Gasteiger partial charge is 0.410 e. The van der Waals surface area contributed by atoms with Crippen LogP contribution in [0.1, 0.15) is 39.2 Å². The van der Waals surface area contributed by atoms with E-state index in [0.29, 0.717) is 41.9 Å². The van der Waals surface area contributed by atoms with Crippen LogP contribution in [0.3, 0.4) is 0 Å². The summed E-state index contributed by atoms with van der Waals surface area (Å²) in [5, 5.41) is 6.75. The lowest BCUT2D eigenvalue weighted by molar-refractivity contribution is 0.0273. The third kappa shape index (κ3) is 8.13. The first kappa shape index (κ1) is 31.6. The van der Waals surface area contributed by atoms with E-state index in [0.717, 1.165) is 37.4 Å². The van der Waals surface area contributed by atoms with E-state index in [1.807, 2.05) is 32.9 Å². The second-order valence-corrected chi connectivity index (χ2v) is 12.3. The molecule has 0 bridgehead atoms. The molecular formula is C31H43ClN4O6. The number of halogens is 1. The molecule has 3 amide bonds.